The lowest BCUT2D eigenvalue weighted by molar-refractivity contribution is -0.480. The molecular formula is C9H10N2O3. The van der Waals surface area contributed by atoms with Crippen LogP contribution in [0.25, 0.3) is 0 Å². The molecule has 0 atom stereocenters. The first-order valence-electron chi connectivity index (χ1n) is 4.25. The minimum absolute atomic E-state index is 0.0973. The Bertz CT molecular complexity index is 324. The van der Waals surface area contributed by atoms with Crippen molar-refractivity contribution in [1.82, 2.24) is 4.98 Å². The van der Waals surface area contributed by atoms with Gasteiger partial charge < -0.3 is 0 Å². The van der Waals surface area contributed by atoms with Crippen molar-refractivity contribution in [3.63, 3.8) is 0 Å². The van der Waals surface area contributed by atoms with Crippen molar-refractivity contribution >= 4 is 5.78 Å². The highest BCUT2D eigenvalue weighted by Crippen LogP contribution is 2.03. The fourth-order valence-electron chi connectivity index (χ4n) is 1.04. The Morgan fingerprint density at radius 1 is 1.57 bits per heavy atom. The second-order valence-electron chi connectivity index (χ2n) is 2.82. The van der Waals surface area contributed by atoms with Gasteiger partial charge in [-0.15, -0.1) is 0 Å². The van der Waals surface area contributed by atoms with E-state index in [0.29, 0.717) is 5.56 Å². The Morgan fingerprint density at radius 3 is 2.93 bits per heavy atom. The summed E-state index contributed by atoms with van der Waals surface area (Å²) in [5.41, 5.74) is 0.510. The molecule has 0 bridgehead atoms. The molecule has 0 aliphatic rings. The van der Waals surface area contributed by atoms with E-state index >= 15 is 0 Å². The van der Waals surface area contributed by atoms with Crippen LogP contribution in [0.5, 0.6) is 0 Å². The van der Waals surface area contributed by atoms with Gasteiger partial charge in [-0.25, -0.2) is 0 Å². The van der Waals surface area contributed by atoms with Crippen LogP contribution in [0.3, 0.4) is 0 Å². The van der Waals surface area contributed by atoms with E-state index in [2.05, 4.69) is 4.98 Å². The molecule has 0 saturated carbocycles. The van der Waals surface area contributed by atoms with Crippen LogP contribution < -0.4 is 0 Å². The van der Waals surface area contributed by atoms with Crippen LogP contribution in [-0.2, 0) is 0 Å². The minimum atomic E-state index is -0.420. The van der Waals surface area contributed by atoms with Gasteiger partial charge in [-0.05, 0) is 12.1 Å². The first kappa shape index (κ1) is 10.3. The number of Topliss-reactive ketones (excluding diaryl/α,β-unsaturated/α-hetero) is 1. The molecule has 0 radical (unpaired) electrons. The average Bonchev–Trinajstić information content (AvgIpc) is 2.18. The van der Waals surface area contributed by atoms with Gasteiger partial charge >= 0.3 is 0 Å². The number of nitro groups is 1. The number of rotatable bonds is 5. The van der Waals surface area contributed by atoms with Crippen molar-refractivity contribution in [2.24, 2.45) is 0 Å². The van der Waals surface area contributed by atoms with Crippen molar-refractivity contribution < 1.29 is 9.72 Å². The first-order chi connectivity index (χ1) is 6.70. The summed E-state index contributed by atoms with van der Waals surface area (Å²) in [6.07, 6.45) is 3.52. The summed E-state index contributed by atoms with van der Waals surface area (Å²) < 4.78 is 0. The van der Waals surface area contributed by atoms with E-state index in [0.717, 1.165) is 0 Å². The summed E-state index contributed by atoms with van der Waals surface area (Å²) in [5, 5.41) is 10.00. The van der Waals surface area contributed by atoms with Crippen molar-refractivity contribution in [3.8, 4) is 0 Å². The predicted molar refractivity (Wildman–Crippen MR) is 49.7 cm³/mol. The number of hydrogen-bond donors (Lipinski definition) is 0. The number of carbonyl (C=O) groups excluding carboxylic acids is 1. The Morgan fingerprint density at radius 2 is 2.36 bits per heavy atom. The molecule has 0 aliphatic heterocycles. The van der Waals surface area contributed by atoms with E-state index in [1.807, 2.05) is 0 Å². The molecule has 0 spiro atoms. The van der Waals surface area contributed by atoms with Crippen molar-refractivity contribution in [2.45, 2.75) is 12.8 Å². The van der Waals surface area contributed by atoms with Gasteiger partial charge in [0.1, 0.15) is 0 Å². The molecule has 1 aromatic rings. The topological polar surface area (TPSA) is 73.1 Å². The van der Waals surface area contributed by atoms with Crippen LogP contribution in [0.1, 0.15) is 23.2 Å². The largest absolute Gasteiger partial charge is 0.294 e. The van der Waals surface area contributed by atoms with Gasteiger partial charge in [0, 0.05) is 35.7 Å². The van der Waals surface area contributed by atoms with Crippen LogP contribution in [0.2, 0.25) is 0 Å². The maximum atomic E-state index is 11.4. The van der Waals surface area contributed by atoms with Gasteiger partial charge in [0.05, 0.1) is 0 Å². The molecule has 1 aromatic heterocycles. The van der Waals surface area contributed by atoms with Gasteiger partial charge in [0.15, 0.2) is 5.78 Å². The highest BCUT2D eigenvalue weighted by molar-refractivity contribution is 5.95. The number of carbonyl (C=O) groups is 1. The SMILES string of the molecule is O=C(CCC[N+](=O)[O-])c1cccnc1. The molecule has 74 valence electrons. The summed E-state index contributed by atoms with van der Waals surface area (Å²) >= 11 is 0. The standard InChI is InChI=1S/C9H10N2O3/c12-9(4-2-6-11(13)14)8-3-1-5-10-7-8/h1,3,5,7H,2,4,6H2. The van der Waals surface area contributed by atoms with E-state index in [4.69, 9.17) is 0 Å². The van der Waals surface area contributed by atoms with Crippen LogP contribution >= 0.6 is 0 Å². The molecule has 0 saturated heterocycles. The molecule has 0 fully saturated rings. The van der Waals surface area contributed by atoms with Gasteiger partial charge in [-0.1, -0.05) is 0 Å². The lowest BCUT2D eigenvalue weighted by Crippen LogP contribution is -2.05. The van der Waals surface area contributed by atoms with Gasteiger partial charge in [-0.3, -0.25) is 19.9 Å². The van der Waals surface area contributed by atoms with Crippen molar-refractivity contribution in [2.75, 3.05) is 6.54 Å². The van der Waals surface area contributed by atoms with Crippen LogP contribution in [-0.4, -0.2) is 22.2 Å². The molecule has 1 heterocycles. The summed E-state index contributed by atoms with van der Waals surface area (Å²) in [6, 6.07) is 3.32. The molecule has 1 rings (SSSR count). The number of aromatic nitrogens is 1. The summed E-state index contributed by atoms with van der Waals surface area (Å²) in [7, 11) is 0. The molecule has 14 heavy (non-hydrogen) atoms. The second kappa shape index (κ2) is 5.06. The van der Waals surface area contributed by atoms with Gasteiger partial charge in [0.2, 0.25) is 6.54 Å². The molecular weight excluding hydrogens is 184 g/mol. The summed E-state index contributed by atoms with van der Waals surface area (Å²) in [5.74, 6) is -0.0973. The molecule has 0 N–H and O–H groups in total. The smallest absolute Gasteiger partial charge is 0.204 e. The third kappa shape index (κ3) is 3.30. The molecule has 0 unspecified atom stereocenters. The average molecular weight is 194 g/mol. The third-order valence-corrected chi connectivity index (χ3v) is 1.73. The zero-order valence-corrected chi connectivity index (χ0v) is 7.55. The van der Waals surface area contributed by atoms with E-state index in [1.54, 1.807) is 18.3 Å². The highest BCUT2D eigenvalue weighted by atomic mass is 16.6. The number of nitrogens with zero attached hydrogens (tertiary/aromatic N) is 2. The van der Waals surface area contributed by atoms with Crippen LogP contribution in [0.15, 0.2) is 24.5 Å². The van der Waals surface area contributed by atoms with Gasteiger partial charge in [0.25, 0.3) is 0 Å². The Labute approximate surface area is 80.9 Å². The lowest BCUT2D eigenvalue weighted by Gasteiger charge is -1.97. The predicted octanol–water partition coefficient (Wildman–Crippen LogP) is 1.32. The Balaban J connectivity index is 2.40. The van der Waals surface area contributed by atoms with Gasteiger partial charge in [-0.2, -0.15) is 0 Å². The maximum Gasteiger partial charge on any atom is 0.204 e. The Kier molecular flexibility index (Phi) is 3.72. The summed E-state index contributed by atoms with van der Waals surface area (Å²) in [4.78, 5) is 24.7. The second-order valence-corrected chi connectivity index (χ2v) is 2.82. The zero-order chi connectivity index (χ0) is 10.4. The van der Waals surface area contributed by atoms with E-state index in [9.17, 15) is 14.9 Å². The minimum Gasteiger partial charge on any atom is -0.294 e. The van der Waals surface area contributed by atoms with Crippen molar-refractivity contribution in [1.29, 1.82) is 0 Å². The Hall–Kier alpha value is -1.78. The highest BCUT2D eigenvalue weighted by Gasteiger charge is 2.06. The van der Waals surface area contributed by atoms with E-state index < -0.39 is 4.92 Å². The molecule has 5 heteroatoms. The molecule has 5 nitrogen and oxygen atoms in total. The number of hydrogen-bond acceptors (Lipinski definition) is 4. The lowest BCUT2D eigenvalue weighted by atomic mass is 10.1. The zero-order valence-electron chi connectivity index (χ0n) is 7.55. The third-order valence-electron chi connectivity index (χ3n) is 1.73. The molecule has 0 amide bonds. The van der Waals surface area contributed by atoms with Crippen molar-refractivity contribution in [3.05, 3.63) is 40.2 Å². The normalized spacial score (nSPS) is 9.71. The van der Waals surface area contributed by atoms with E-state index in [-0.39, 0.29) is 25.2 Å². The quantitative estimate of drug-likeness (QED) is 0.402. The fourth-order valence-corrected chi connectivity index (χ4v) is 1.04. The first-order valence-corrected chi connectivity index (χ1v) is 4.25. The van der Waals surface area contributed by atoms with Crippen LogP contribution in [0.4, 0.5) is 0 Å². The van der Waals surface area contributed by atoms with E-state index in [1.165, 1.54) is 6.20 Å². The summed E-state index contributed by atoms with van der Waals surface area (Å²) in [6.45, 7) is -0.161. The monoisotopic (exact) mass is 194 g/mol. The van der Waals surface area contributed by atoms with Crippen LogP contribution in [0, 0.1) is 10.1 Å². The molecule has 0 aromatic carbocycles. The number of pyridine rings is 1. The fraction of sp³-hybridized carbons (Fsp3) is 0.333. The number of ketones is 1. The maximum absolute atomic E-state index is 11.4. The molecule has 0 aliphatic carbocycles.